The molecule has 0 aliphatic carbocycles. The Hall–Kier alpha value is -3.21. The summed E-state index contributed by atoms with van der Waals surface area (Å²) in [6.45, 7) is -4.46. The Kier molecular flexibility index (Phi) is 17.6. The first-order valence-corrected chi connectivity index (χ1v) is 11.0. The van der Waals surface area contributed by atoms with Gasteiger partial charge >= 0.3 is 59.4 Å². The van der Waals surface area contributed by atoms with Crippen LogP contribution in [-0.2, 0) is 33.7 Å². The van der Waals surface area contributed by atoms with E-state index in [2.05, 4.69) is 9.78 Å². The van der Waals surface area contributed by atoms with Crippen LogP contribution in [0.25, 0.3) is 6.08 Å². The fraction of sp³-hybridized carbons (Fsp3) is 0.409. The number of aliphatic hydroxyl groups excluding tert-OH is 8. The summed E-state index contributed by atoms with van der Waals surface area (Å²) in [6, 6.07) is 0.778. The summed E-state index contributed by atoms with van der Waals surface area (Å²) in [5.41, 5.74) is -0.550. The molecule has 1 aromatic carbocycles. The van der Waals surface area contributed by atoms with Gasteiger partial charge in [0.15, 0.2) is 35.9 Å². The number of aliphatic hydroxyl groups is 8. The molecule has 0 saturated carbocycles. The van der Waals surface area contributed by atoms with Gasteiger partial charge in [-0.1, -0.05) is 0 Å². The summed E-state index contributed by atoms with van der Waals surface area (Å²) in [7, 11) is 0.922. The summed E-state index contributed by atoms with van der Waals surface area (Å²) in [6.07, 6.45) is -7.29. The standard InChI is InChI=1S/C22H26O19.Na.H/c1-36-17-14(37-19(32)10(27)5-23)4-9(2-3-15(31)40-41-22(35)13(30)8-26)16(38-20(33)11(28)6-24)18(17)39-21(34)12(29)7-25;;/h2-4,10-13,23-30H,5-8H2,1H3;;. The second kappa shape index (κ2) is 19.1. The van der Waals surface area contributed by atoms with Crippen LogP contribution in [0.2, 0.25) is 0 Å². The molecule has 0 saturated heterocycles. The number of rotatable bonds is 14. The Morgan fingerprint density at radius 3 is 1.55 bits per heavy atom. The predicted octanol–water partition coefficient (Wildman–Crippen LogP) is -5.81. The number of carbonyl (C=O) groups excluding carboxylic acids is 5. The molecule has 20 heteroatoms. The van der Waals surface area contributed by atoms with E-state index in [9.17, 15) is 39.3 Å². The van der Waals surface area contributed by atoms with Gasteiger partial charge in [0.1, 0.15) is 0 Å². The molecule has 0 amide bonds. The van der Waals surface area contributed by atoms with Crippen molar-refractivity contribution in [2.45, 2.75) is 24.4 Å². The minimum absolute atomic E-state index is 0. The van der Waals surface area contributed by atoms with Crippen LogP contribution in [0.15, 0.2) is 12.1 Å². The van der Waals surface area contributed by atoms with Crippen molar-refractivity contribution in [3.8, 4) is 23.0 Å². The second-order valence-electron chi connectivity index (χ2n) is 7.35. The molecule has 1 rings (SSSR count). The van der Waals surface area contributed by atoms with Crippen LogP contribution >= 0.6 is 0 Å². The number of benzene rings is 1. The molecule has 4 atom stereocenters. The maximum absolute atomic E-state index is 12.3. The molecule has 0 aliphatic rings. The Labute approximate surface area is 257 Å². The fourth-order valence-corrected chi connectivity index (χ4v) is 2.34. The summed E-state index contributed by atoms with van der Waals surface area (Å²) in [5, 5.41) is 73.7. The Morgan fingerprint density at radius 2 is 1.10 bits per heavy atom. The van der Waals surface area contributed by atoms with E-state index in [1.807, 2.05) is 0 Å². The van der Waals surface area contributed by atoms with Crippen molar-refractivity contribution < 1.29 is 93.5 Å². The predicted molar refractivity (Wildman–Crippen MR) is 131 cm³/mol. The van der Waals surface area contributed by atoms with Gasteiger partial charge in [0.25, 0.3) is 0 Å². The normalized spacial score (nSPS) is 13.5. The molecule has 0 spiro atoms. The molecule has 0 heterocycles. The average molecular weight is 618 g/mol. The van der Waals surface area contributed by atoms with Crippen LogP contribution in [0.4, 0.5) is 0 Å². The average Bonchev–Trinajstić information content (AvgIpc) is 2.97. The zero-order valence-corrected chi connectivity index (χ0v) is 20.9. The number of methoxy groups -OCH3 is 1. The molecule has 8 N–H and O–H groups in total. The molecule has 1 aromatic rings. The topological polar surface area (TPSA) is 303 Å². The molecule has 0 aliphatic heterocycles. The first-order valence-electron chi connectivity index (χ1n) is 11.0. The van der Waals surface area contributed by atoms with Crippen LogP contribution in [-0.4, -0.2) is 158 Å². The third kappa shape index (κ3) is 11.2. The Bertz CT molecular complexity index is 1140. The number of hydrogen-bond donors (Lipinski definition) is 8. The molecule has 230 valence electrons. The van der Waals surface area contributed by atoms with Crippen molar-refractivity contribution in [2.24, 2.45) is 0 Å². The molecular weight excluding hydrogens is 591 g/mol. The maximum atomic E-state index is 12.3. The molecule has 0 fully saturated rings. The van der Waals surface area contributed by atoms with Gasteiger partial charge in [-0.15, -0.1) is 0 Å². The number of ether oxygens (including phenoxy) is 4. The molecule has 4 unspecified atom stereocenters. The van der Waals surface area contributed by atoms with Gasteiger partial charge in [0, 0.05) is 11.6 Å². The summed E-state index contributed by atoms with van der Waals surface area (Å²) >= 11 is 0. The summed E-state index contributed by atoms with van der Waals surface area (Å²) in [5.74, 6) is -11.0. The van der Waals surface area contributed by atoms with Crippen molar-refractivity contribution in [3.05, 3.63) is 17.7 Å². The van der Waals surface area contributed by atoms with Crippen LogP contribution in [0.1, 0.15) is 5.56 Å². The molecule has 42 heavy (non-hydrogen) atoms. The van der Waals surface area contributed by atoms with E-state index < -0.39 is 109 Å². The fourth-order valence-electron chi connectivity index (χ4n) is 2.34. The van der Waals surface area contributed by atoms with E-state index >= 15 is 0 Å². The SMILES string of the molecule is COc1c(OC(=O)C(O)CO)cc(C=CC(=O)OOC(=O)C(O)CO)c(OC(=O)C(O)CO)c1OC(=O)C(O)CO.[NaH]. The van der Waals surface area contributed by atoms with Gasteiger partial charge in [0.2, 0.25) is 11.5 Å². The molecule has 0 bridgehead atoms. The first-order chi connectivity index (χ1) is 19.3. The number of carbonyl (C=O) groups is 5. The van der Waals surface area contributed by atoms with Crippen molar-refractivity contribution >= 4 is 65.5 Å². The van der Waals surface area contributed by atoms with Crippen molar-refractivity contribution in [2.75, 3.05) is 33.5 Å². The number of esters is 3. The second-order valence-corrected chi connectivity index (χ2v) is 7.35. The summed E-state index contributed by atoms with van der Waals surface area (Å²) < 4.78 is 19.8. The van der Waals surface area contributed by atoms with Crippen LogP contribution in [0.3, 0.4) is 0 Å². The third-order valence-electron chi connectivity index (χ3n) is 4.39. The van der Waals surface area contributed by atoms with Gasteiger partial charge < -0.3 is 59.8 Å². The van der Waals surface area contributed by atoms with Crippen LogP contribution < -0.4 is 18.9 Å². The van der Waals surface area contributed by atoms with Gasteiger partial charge in [-0.2, -0.15) is 0 Å². The molecule has 19 nitrogen and oxygen atoms in total. The van der Waals surface area contributed by atoms with Gasteiger partial charge in [0.05, 0.1) is 33.5 Å². The van der Waals surface area contributed by atoms with E-state index in [0.717, 1.165) is 13.2 Å². The van der Waals surface area contributed by atoms with Crippen molar-refractivity contribution in [1.82, 2.24) is 0 Å². The first kappa shape index (κ1) is 38.8. The quantitative estimate of drug-likeness (QED) is 0.0240. The molecule has 0 aromatic heterocycles. The molecule has 0 radical (unpaired) electrons. The summed E-state index contributed by atoms with van der Waals surface area (Å²) in [4.78, 5) is 68.0. The zero-order valence-electron chi connectivity index (χ0n) is 20.9. The molecular formula is C22H27NaO19. The van der Waals surface area contributed by atoms with E-state index in [-0.39, 0.29) is 29.6 Å². The van der Waals surface area contributed by atoms with E-state index in [4.69, 9.17) is 44.5 Å². The van der Waals surface area contributed by atoms with E-state index in [0.29, 0.717) is 12.2 Å². The number of hydrogen-bond acceptors (Lipinski definition) is 19. The van der Waals surface area contributed by atoms with Gasteiger partial charge in [-0.05, 0) is 12.1 Å². The Balaban J connectivity index is 0.0000168. The van der Waals surface area contributed by atoms with Crippen LogP contribution in [0.5, 0.6) is 23.0 Å². The Morgan fingerprint density at radius 1 is 0.667 bits per heavy atom. The van der Waals surface area contributed by atoms with E-state index in [1.54, 1.807) is 0 Å². The monoisotopic (exact) mass is 618 g/mol. The van der Waals surface area contributed by atoms with Gasteiger partial charge in [-0.25, -0.2) is 33.7 Å². The third-order valence-corrected chi connectivity index (χ3v) is 4.39. The minimum atomic E-state index is -2.17. The zero-order chi connectivity index (χ0) is 31.3. The van der Waals surface area contributed by atoms with E-state index in [1.165, 1.54) is 0 Å². The van der Waals surface area contributed by atoms with Crippen molar-refractivity contribution in [3.63, 3.8) is 0 Å². The van der Waals surface area contributed by atoms with Gasteiger partial charge in [-0.3, -0.25) is 0 Å². The van der Waals surface area contributed by atoms with Crippen molar-refractivity contribution in [1.29, 1.82) is 0 Å². The van der Waals surface area contributed by atoms with Crippen LogP contribution in [0, 0.1) is 0 Å².